The van der Waals surface area contributed by atoms with Crippen molar-refractivity contribution < 1.29 is 23.8 Å². The normalized spacial score (nSPS) is 12.2. The van der Waals surface area contributed by atoms with Crippen molar-refractivity contribution in [3.8, 4) is 5.75 Å². The largest absolute Gasteiger partial charge is 0.489 e. The van der Waals surface area contributed by atoms with E-state index in [2.05, 4.69) is 0 Å². The number of esters is 2. The minimum atomic E-state index is -1.00. The molecule has 0 saturated heterocycles. The molecule has 0 amide bonds. The van der Waals surface area contributed by atoms with E-state index in [-0.39, 0.29) is 12.4 Å². The van der Waals surface area contributed by atoms with Crippen molar-refractivity contribution in [1.82, 2.24) is 0 Å². The van der Waals surface area contributed by atoms with Gasteiger partial charge in [0.1, 0.15) is 24.0 Å². The van der Waals surface area contributed by atoms with Gasteiger partial charge in [0.15, 0.2) is 0 Å². The van der Waals surface area contributed by atoms with E-state index in [1.54, 1.807) is 32.9 Å². The molecule has 0 heterocycles. The van der Waals surface area contributed by atoms with Crippen molar-refractivity contribution >= 4 is 11.9 Å². The first-order valence-corrected chi connectivity index (χ1v) is 9.54. The molecule has 0 radical (unpaired) electrons. The lowest BCUT2D eigenvalue weighted by atomic mass is 10.0. The highest BCUT2D eigenvalue weighted by molar-refractivity contribution is 5.79. The Morgan fingerprint density at radius 2 is 1.72 bits per heavy atom. The molecule has 156 valence electrons. The highest BCUT2D eigenvalue weighted by Gasteiger charge is 2.26. The number of carbonyl (C=O) groups excluding carboxylic acids is 2. The van der Waals surface area contributed by atoms with Gasteiger partial charge in [0, 0.05) is 12.0 Å². The first-order valence-electron chi connectivity index (χ1n) is 9.54. The Bertz CT molecular complexity index is 827. The van der Waals surface area contributed by atoms with Gasteiger partial charge in [0.25, 0.3) is 0 Å². The number of carbonyl (C=O) groups is 2. The van der Waals surface area contributed by atoms with E-state index in [0.29, 0.717) is 24.3 Å². The summed E-state index contributed by atoms with van der Waals surface area (Å²) in [5.74, 6) is -0.325. The zero-order valence-corrected chi connectivity index (χ0v) is 17.4. The van der Waals surface area contributed by atoms with Crippen molar-refractivity contribution in [2.24, 2.45) is 5.73 Å². The monoisotopic (exact) mass is 399 g/mol. The second kappa shape index (κ2) is 10.1. The molecule has 0 aromatic heterocycles. The molecular formula is C23H29NO5. The fourth-order valence-electron chi connectivity index (χ4n) is 2.70. The first kappa shape index (κ1) is 22.4. The number of ether oxygens (including phenoxy) is 3. The van der Waals surface area contributed by atoms with Gasteiger partial charge in [0.2, 0.25) is 0 Å². The summed E-state index contributed by atoms with van der Waals surface area (Å²) in [6, 6.07) is 14.1. The van der Waals surface area contributed by atoms with Crippen molar-refractivity contribution in [3.63, 3.8) is 0 Å². The summed E-state index contributed by atoms with van der Waals surface area (Å²) < 4.78 is 16.1. The maximum absolute atomic E-state index is 12.5. The van der Waals surface area contributed by atoms with Crippen LogP contribution in [-0.2, 0) is 32.1 Å². The van der Waals surface area contributed by atoms with E-state index in [1.807, 2.05) is 36.4 Å². The van der Waals surface area contributed by atoms with Crippen LogP contribution in [-0.4, -0.2) is 24.6 Å². The van der Waals surface area contributed by atoms with Gasteiger partial charge >= 0.3 is 11.9 Å². The van der Waals surface area contributed by atoms with E-state index in [0.717, 1.165) is 11.1 Å². The van der Waals surface area contributed by atoms with Gasteiger partial charge in [-0.3, -0.25) is 4.79 Å². The van der Waals surface area contributed by atoms with E-state index in [1.165, 1.54) is 7.11 Å². The van der Waals surface area contributed by atoms with E-state index >= 15 is 0 Å². The van der Waals surface area contributed by atoms with Crippen LogP contribution in [0.5, 0.6) is 5.75 Å². The van der Waals surface area contributed by atoms with Crippen LogP contribution in [0, 0.1) is 0 Å². The number of hydrogen-bond donors (Lipinski definition) is 1. The molecule has 6 nitrogen and oxygen atoms in total. The summed E-state index contributed by atoms with van der Waals surface area (Å²) in [6.45, 7) is 5.71. The second-order valence-electron chi connectivity index (χ2n) is 7.73. The van der Waals surface area contributed by atoms with Crippen LogP contribution in [0.3, 0.4) is 0 Å². The molecular weight excluding hydrogens is 370 g/mol. The lowest BCUT2D eigenvalue weighted by Crippen LogP contribution is -2.32. The molecule has 0 spiro atoms. The smallest absolute Gasteiger partial charge is 0.328 e. The highest BCUT2D eigenvalue weighted by atomic mass is 16.6. The molecule has 2 aromatic carbocycles. The molecule has 0 bridgehead atoms. The fraction of sp³-hybridized carbons (Fsp3) is 0.391. The summed E-state index contributed by atoms with van der Waals surface area (Å²) in [6.07, 6.45) is 0.710. The van der Waals surface area contributed by atoms with Crippen LogP contribution in [0.4, 0.5) is 0 Å². The van der Waals surface area contributed by atoms with Crippen LogP contribution in [0.2, 0.25) is 0 Å². The van der Waals surface area contributed by atoms with Crippen LogP contribution in [0.1, 0.15) is 49.9 Å². The van der Waals surface area contributed by atoms with Crippen molar-refractivity contribution in [1.29, 1.82) is 0 Å². The zero-order valence-electron chi connectivity index (χ0n) is 17.4. The van der Waals surface area contributed by atoms with Crippen molar-refractivity contribution in [2.75, 3.05) is 7.11 Å². The van der Waals surface area contributed by atoms with Crippen molar-refractivity contribution in [2.45, 2.75) is 51.9 Å². The highest BCUT2D eigenvalue weighted by Crippen LogP contribution is 2.28. The topological polar surface area (TPSA) is 87.9 Å². The van der Waals surface area contributed by atoms with Gasteiger partial charge in [-0.2, -0.15) is 0 Å². The third kappa shape index (κ3) is 7.23. The minimum absolute atomic E-state index is 0.238. The molecule has 0 aliphatic rings. The molecule has 0 aliphatic carbocycles. The van der Waals surface area contributed by atoms with Gasteiger partial charge in [-0.1, -0.05) is 36.4 Å². The van der Waals surface area contributed by atoms with Crippen LogP contribution >= 0.6 is 0 Å². The van der Waals surface area contributed by atoms with Crippen LogP contribution < -0.4 is 10.5 Å². The Labute approximate surface area is 172 Å². The number of aryl methyl sites for hydroxylation is 1. The Hall–Kier alpha value is -2.86. The molecule has 6 heteroatoms. The molecule has 0 fully saturated rings. The summed E-state index contributed by atoms with van der Waals surface area (Å²) in [7, 11) is 1.35. The van der Waals surface area contributed by atoms with Crippen LogP contribution in [0.15, 0.2) is 48.5 Å². The maximum Gasteiger partial charge on any atom is 0.328 e. The lowest BCUT2D eigenvalue weighted by Gasteiger charge is -2.23. The van der Waals surface area contributed by atoms with Gasteiger partial charge in [0.05, 0.1) is 7.11 Å². The molecule has 1 unspecified atom stereocenters. The predicted octanol–water partition coefficient (Wildman–Crippen LogP) is 3.71. The number of methoxy groups -OCH3 is 1. The Kier molecular flexibility index (Phi) is 7.79. The van der Waals surface area contributed by atoms with E-state index < -0.39 is 17.6 Å². The second-order valence-corrected chi connectivity index (χ2v) is 7.73. The standard InChI is InChI=1S/C23H29NO5/c1-23(2,3)29-22(26)21(24)18-14-16(11-13-20(25)27-4)10-12-19(18)28-15-17-8-6-5-7-9-17/h5-10,12,14,21H,11,13,15,24H2,1-4H3. The third-order valence-electron chi connectivity index (χ3n) is 4.15. The quantitative estimate of drug-likeness (QED) is 0.681. The molecule has 29 heavy (non-hydrogen) atoms. The van der Waals surface area contributed by atoms with Crippen molar-refractivity contribution in [3.05, 3.63) is 65.2 Å². The number of nitrogens with two attached hydrogens (primary N) is 1. The predicted molar refractivity (Wildman–Crippen MR) is 110 cm³/mol. The third-order valence-corrected chi connectivity index (χ3v) is 4.15. The molecule has 0 saturated carbocycles. The van der Waals surface area contributed by atoms with E-state index in [9.17, 15) is 9.59 Å². The lowest BCUT2D eigenvalue weighted by molar-refractivity contribution is -0.156. The average Bonchev–Trinajstić information content (AvgIpc) is 2.69. The van der Waals surface area contributed by atoms with Crippen LogP contribution in [0.25, 0.3) is 0 Å². The molecule has 0 aliphatic heterocycles. The number of rotatable bonds is 8. The average molecular weight is 399 g/mol. The molecule has 2 aromatic rings. The van der Waals surface area contributed by atoms with Gasteiger partial charge in [-0.25, -0.2) is 4.79 Å². The van der Waals surface area contributed by atoms with E-state index in [4.69, 9.17) is 19.9 Å². The minimum Gasteiger partial charge on any atom is -0.489 e. The molecule has 1 atom stereocenters. The molecule has 2 rings (SSSR count). The Morgan fingerprint density at radius 1 is 1.03 bits per heavy atom. The fourth-order valence-corrected chi connectivity index (χ4v) is 2.70. The first-order chi connectivity index (χ1) is 13.7. The van der Waals surface area contributed by atoms with Gasteiger partial charge in [-0.05, 0) is 50.5 Å². The summed E-state index contributed by atoms with van der Waals surface area (Å²) in [4.78, 5) is 24.0. The molecule has 2 N–H and O–H groups in total. The SMILES string of the molecule is COC(=O)CCc1ccc(OCc2ccccc2)c(C(N)C(=O)OC(C)(C)C)c1. The Balaban J connectivity index is 2.25. The Morgan fingerprint density at radius 3 is 2.34 bits per heavy atom. The van der Waals surface area contributed by atoms with Gasteiger partial charge < -0.3 is 19.9 Å². The summed E-state index contributed by atoms with van der Waals surface area (Å²) in [5, 5.41) is 0. The maximum atomic E-state index is 12.5. The number of hydrogen-bond acceptors (Lipinski definition) is 6. The zero-order chi connectivity index (χ0) is 21.4. The number of benzene rings is 2. The van der Waals surface area contributed by atoms with Gasteiger partial charge in [-0.15, -0.1) is 0 Å². The summed E-state index contributed by atoms with van der Waals surface area (Å²) in [5.41, 5.74) is 7.95. The summed E-state index contributed by atoms with van der Waals surface area (Å²) >= 11 is 0.